The minimum absolute atomic E-state index is 0.0184. The van der Waals surface area contributed by atoms with E-state index in [9.17, 15) is 19.7 Å². The van der Waals surface area contributed by atoms with Crippen LogP contribution >= 0.6 is 0 Å². The molecule has 2 aliphatic heterocycles. The number of aliphatic imine (C=N–C) groups is 1. The van der Waals surface area contributed by atoms with Gasteiger partial charge in [0, 0.05) is 54.5 Å². The Balaban J connectivity index is 1.78. The highest BCUT2D eigenvalue weighted by molar-refractivity contribution is 6.10. The summed E-state index contributed by atoms with van der Waals surface area (Å²) in [5.74, 6) is -1.10. The van der Waals surface area contributed by atoms with Crippen molar-refractivity contribution >= 4 is 23.1 Å². The quantitative estimate of drug-likeness (QED) is 0.576. The van der Waals surface area contributed by atoms with Gasteiger partial charge in [-0.15, -0.1) is 0 Å². The van der Waals surface area contributed by atoms with Gasteiger partial charge in [-0.05, 0) is 25.3 Å². The summed E-state index contributed by atoms with van der Waals surface area (Å²) in [4.78, 5) is 43.3. The lowest BCUT2D eigenvalue weighted by atomic mass is 9.71. The number of hydrogen-bond acceptors (Lipinski definition) is 6. The van der Waals surface area contributed by atoms with Gasteiger partial charge in [-0.2, -0.15) is 0 Å². The molecule has 1 aromatic carbocycles. The number of carbonyl (C=O) groups excluding carboxylic acids is 2. The van der Waals surface area contributed by atoms with Gasteiger partial charge >= 0.3 is 0 Å². The molecule has 152 valence electrons. The van der Waals surface area contributed by atoms with Crippen molar-refractivity contribution in [3.63, 3.8) is 0 Å². The van der Waals surface area contributed by atoms with Gasteiger partial charge in [-0.3, -0.25) is 24.7 Å². The van der Waals surface area contributed by atoms with E-state index >= 15 is 0 Å². The Bertz CT molecular complexity index is 913. The molecule has 4 rings (SSSR count). The van der Waals surface area contributed by atoms with E-state index in [2.05, 4.69) is 4.99 Å². The highest BCUT2D eigenvalue weighted by Crippen LogP contribution is 2.44. The smallest absolute Gasteiger partial charge is 0.269 e. The van der Waals surface area contributed by atoms with Crippen LogP contribution in [-0.2, 0) is 14.3 Å². The number of carbonyl (C=O) groups is 2. The fourth-order valence-corrected chi connectivity index (χ4v) is 4.47. The highest BCUT2D eigenvalue weighted by atomic mass is 16.6. The molecule has 0 N–H and O–H groups in total. The van der Waals surface area contributed by atoms with Gasteiger partial charge in [0.2, 0.25) is 5.91 Å². The zero-order valence-electron chi connectivity index (χ0n) is 16.3. The summed E-state index contributed by atoms with van der Waals surface area (Å²) in [5, 5.41) is 11.1. The first-order valence-corrected chi connectivity index (χ1v) is 9.89. The number of hydrogen-bond donors (Lipinski definition) is 0. The molecule has 0 spiro atoms. The Kier molecular flexibility index (Phi) is 5.27. The molecule has 1 saturated heterocycles. The maximum Gasteiger partial charge on any atom is 0.269 e. The number of ketones is 1. The highest BCUT2D eigenvalue weighted by Gasteiger charge is 2.43. The maximum absolute atomic E-state index is 13.5. The van der Waals surface area contributed by atoms with Crippen molar-refractivity contribution in [2.45, 2.75) is 32.1 Å². The second-order valence-electron chi connectivity index (χ2n) is 7.63. The van der Waals surface area contributed by atoms with E-state index in [1.165, 1.54) is 12.1 Å². The van der Waals surface area contributed by atoms with Crippen molar-refractivity contribution in [1.29, 1.82) is 0 Å². The first-order valence-electron chi connectivity index (χ1n) is 9.89. The molecule has 0 saturated carbocycles. The number of Topliss-reactive ketones (excluding diaryl/α,β-unsaturated/α-hetero) is 1. The lowest BCUT2D eigenvalue weighted by Crippen LogP contribution is -2.48. The van der Waals surface area contributed by atoms with Crippen molar-refractivity contribution in [2.24, 2.45) is 10.9 Å². The number of rotatable bonds is 3. The van der Waals surface area contributed by atoms with Crippen molar-refractivity contribution in [2.75, 3.05) is 26.3 Å². The van der Waals surface area contributed by atoms with Crippen LogP contribution < -0.4 is 0 Å². The number of non-ortho nitro benzene ring substituents is 1. The Labute approximate surface area is 168 Å². The molecule has 8 nitrogen and oxygen atoms in total. The van der Waals surface area contributed by atoms with Gasteiger partial charge in [0.1, 0.15) is 0 Å². The minimum atomic E-state index is -0.588. The largest absolute Gasteiger partial charge is 0.378 e. The molecule has 1 aliphatic carbocycles. The molecular weight excluding hydrogens is 374 g/mol. The predicted octanol–water partition coefficient (Wildman–Crippen LogP) is 2.64. The van der Waals surface area contributed by atoms with Crippen LogP contribution in [0.5, 0.6) is 0 Å². The lowest BCUT2D eigenvalue weighted by molar-refractivity contribution is -0.384. The third kappa shape index (κ3) is 3.60. The van der Waals surface area contributed by atoms with Crippen LogP contribution in [0, 0.1) is 16.0 Å². The van der Waals surface area contributed by atoms with E-state index in [1.54, 1.807) is 17.0 Å². The molecule has 3 aliphatic rings. The molecule has 1 aromatic rings. The van der Waals surface area contributed by atoms with Crippen LogP contribution in [0.2, 0.25) is 0 Å². The summed E-state index contributed by atoms with van der Waals surface area (Å²) in [6.07, 6.45) is 1.90. The number of amides is 1. The van der Waals surface area contributed by atoms with Gasteiger partial charge < -0.3 is 9.64 Å². The number of benzene rings is 1. The fraction of sp³-hybridized carbons (Fsp3) is 0.476. The van der Waals surface area contributed by atoms with Gasteiger partial charge in [0.15, 0.2) is 5.78 Å². The molecule has 0 bridgehead atoms. The molecule has 29 heavy (non-hydrogen) atoms. The molecule has 2 heterocycles. The summed E-state index contributed by atoms with van der Waals surface area (Å²) in [5.41, 5.74) is 2.77. The van der Waals surface area contributed by atoms with Crippen molar-refractivity contribution in [1.82, 2.24) is 4.90 Å². The summed E-state index contributed by atoms with van der Waals surface area (Å²) < 4.78 is 5.36. The van der Waals surface area contributed by atoms with Crippen LogP contribution in [0.1, 0.15) is 37.7 Å². The second-order valence-corrected chi connectivity index (χ2v) is 7.63. The standard InChI is InChI=1S/C21H23N3O5/c1-13-18(21(26)23-9-11-29-12-10-23)19(14-5-7-15(8-6-14)24(27)28)20-16(22-13)3-2-4-17(20)25/h5-8,18-19H,2-4,9-12H2,1H3/t18?,19-/m1/s1. The Hall–Kier alpha value is -2.87. The number of allylic oxidation sites excluding steroid dienone is 2. The van der Waals surface area contributed by atoms with E-state index in [1.807, 2.05) is 6.92 Å². The maximum atomic E-state index is 13.5. The monoisotopic (exact) mass is 397 g/mol. The molecule has 1 fully saturated rings. The van der Waals surface area contributed by atoms with Crippen LogP contribution in [0.4, 0.5) is 5.69 Å². The Morgan fingerprint density at radius 1 is 1.21 bits per heavy atom. The molecule has 2 atom stereocenters. The Morgan fingerprint density at radius 3 is 2.55 bits per heavy atom. The van der Waals surface area contributed by atoms with Gasteiger partial charge in [-0.1, -0.05) is 12.1 Å². The number of nitro benzene ring substituents is 1. The average molecular weight is 397 g/mol. The van der Waals surface area contributed by atoms with Crippen LogP contribution in [-0.4, -0.2) is 53.5 Å². The van der Waals surface area contributed by atoms with Crippen LogP contribution in [0.3, 0.4) is 0 Å². The molecular formula is C21H23N3O5. The van der Waals surface area contributed by atoms with Crippen molar-refractivity contribution in [3.8, 4) is 0 Å². The molecule has 8 heteroatoms. The zero-order valence-corrected chi connectivity index (χ0v) is 16.3. The zero-order chi connectivity index (χ0) is 20.5. The SMILES string of the molecule is CC1=NC2=C(C(=O)CCC2)[C@H](c2ccc([N+](=O)[O-])cc2)C1C(=O)N1CCOCC1. The van der Waals surface area contributed by atoms with Gasteiger partial charge in [0.05, 0.1) is 24.1 Å². The first kappa shape index (κ1) is 19.4. The van der Waals surface area contributed by atoms with E-state index in [0.29, 0.717) is 50.4 Å². The number of nitro groups is 1. The van der Waals surface area contributed by atoms with E-state index in [0.717, 1.165) is 17.7 Å². The molecule has 1 unspecified atom stereocenters. The fourth-order valence-electron chi connectivity index (χ4n) is 4.47. The topological polar surface area (TPSA) is 102 Å². The van der Waals surface area contributed by atoms with Crippen molar-refractivity contribution in [3.05, 3.63) is 51.2 Å². The minimum Gasteiger partial charge on any atom is -0.378 e. The van der Waals surface area contributed by atoms with Crippen molar-refractivity contribution < 1.29 is 19.2 Å². The molecule has 1 amide bonds. The third-order valence-corrected chi connectivity index (χ3v) is 5.89. The number of morpholine rings is 1. The Morgan fingerprint density at radius 2 is 1.90 bits per heavy atom. The van der Waals surface area contributed by atoms with Crippen LogP contribution in [0.15, 0.2) is 40.5 Å². The van der Waals surface area contributed by atoms with E-state index < -0.39 is 16.8 Å². The summed E-state index contributed by atoms with van der Waals surface area (Å²) in [7, 11) is 0. The average Bonchev–Trinajstić information content (AvgIpc) is 2.73. The summed E-state index contributed by atoms with van der Waals surface area (Å²) in [6, 6.07) is 6.18. The first-order chi connectivity index (χ1) is 14.0. The normalized spacial score (nSPS) is 24.8. The number of ether oxygens (including phenoxy) is 1. The van der Waals surface area contributed by atoms with Gasteiger partial charge in [0.25, 0.3) is 5.69 Å². The van der Waals surface area contributed by atoms with Gasteiger partial charge in [-0.25, -0.2) is 0 Å². The second kappa shape index (κ2) is 7.87. The summed E-state index contributed by atoms with van der Waals surface area (Å²) >= 11 is 0. The summed E-state index contributed by atoms with van der Waals surface area (Å²) in [6.45, 7) is 3.84. The third-order valence-electron chi connectivity index (χ3n) is 5.89. The molecule has 0 aromatic heterocycles. The number of nitrogens with zero attached hydrogens (tertiary/aromatic N) is 3. The predicted molar refractivity (Wildman–Crippen MR) is 106 cm³/mol. The van der Waals surface area contributed by atoms with E-state index in [-0.39, 0.29) is 17.4 Å². The van der Waals surface area contributed by atoms with Crippen LogP contribution in [0.25, 0.3) is 0 Å². The lowest BCUT2D eigenvalue weighted by Gasteiger charge is -2.38. The molecule has 0 radical (unpaired) electrons. The van der Waals surface area contributed by atoms with E-state index in [4.69, 9.17) is 4.74 Å².